The molecule has 0 bridgehead atoms. The normalized spacial score (nSPS) is 15.6. The highest BCUT2D eigenvalue weighted by Gasteiger charge is 2.43. The molecule has 1 atom stereocenters. The van der Waals surface area contributed by atoms with Crippen molar-refractivity contribution in [1.29, 1.82) is 0 Å². The van der Waals surface area contributed by atoms with Crippen LogP contribution in [0.4, 0.5) is 11.4 Å². The summed E-state index contributed by atoms with van der Waals surface area (Å²) < 4.78 is 0. The number of rotatable bonds is 8. The highest BCUT2D eigenvalue weighted by molar-refractivity contribution is 7.80. The molecule has 0 saturated carbocycles. The van der Waals surface area contributed by atoms with Gasteiger partial charge in [0.2, 0.25) is 5.91 Å². The van der Waals surface area contributed by atoms with Crippen LogP contribution in [0.15, 0.2) is 78.9 Å². The van der Waals surface area contributed by atoms with Gasteiger partial charge in [-0.3, -0.25) is 14.5 Å². The molecule has 5 nitrogen and oxygen atoms in total. The van der Waals surface area contributed by atoms with E-state index in [4.69, 9.17) is 35.4 Å². The number of hydrogen-bond donors (Lipinski definition) is 1. The molecule has 1 unspecified atom stereocenters. The second-order valence-electron chi connectivity index (χ2n) is 7.99. The summed E-state index contributed by atoms with van der Waals surface area (Å²) in [6.45, 7) is 0.551. The fourth-order valence-corrected chi connectivity index (χ4v) is 4.68. The second kappa shape index (κ2) is 11.0. The van der Waals surface area contributed by atoms with Crippen molar-refractivity contribution in [1.82, 2.24) is 4.90 Å². The molecule has 0 spiro atoms. The van der Waals surface area contributed by atoms with Crippen LogP contribution < -0.4 is 10.2 Å². The van der Waals surface area contributed by atoms with Crippen LogP contribution in [0, 0.1) is 0 Å². The number of hydrogen-bond acceptors (Lipinski definition) is 3. The van der Waals surface area contributed by atoms with E-state index in [1.165, 1.54) is 10.5 Å². The molecule has 2 amide bonds. The smallest absolute Gasteiger partial charge is 0.256 e. The minimum atomic E-state index is -0.699. The molecule has 1 N–H and O–H groups in total. The van der Waals surface area contributed by atoms with Crippen molar-refractivity contribution in [3.8, 4) is 0 Å². The zero-order valence-electron chi connectivity index (χ0n) is 18.3. The molecule has 8 heteroatoms. The Kier molecular flexibility index (Phi) is 7.83. The van der Waals surface area contributed by atoms with Crippen LogP contribution in [0.3, 0.4) is 0 Å². The van der Waals surface area contributed by atoms with Crippen LogP contribution >= 0.6 is 35.4 Å². The summed E-state index contributed by atoms with van der Waals surface area (Å²) in [5.74, 6) is -0.511. The molecule has 34 heavy (non-hydrogen) atoms. The summed E-state index contributed by atoms with van der Waals surface area (Å²) in [5.41, 5.74) is 2.42. The number of nitrogens with zero attached hydrogens (tertiary/aromatic N) is 2. The minimum Gasteiger partial charge on any atom is -0.336 e. The Bertz CT molecular complexity index is 1190. The summed E-state index contributed by atoms with van der Waals surface area (Å²) in [4.78, 5) is 29.6. The zero-order chi connectivity index (χ0) is 24.1. The fraction of sp³-hybridized carbons (Fsp3) is 0.192. The Labute approximate surface area is 214 Å². The van der Waals surface area contributed by atoms with Crippen LogP contribution in [-0.4, -0.2) is 34.4 Å². The van der Waals surface area contributed by atoms with Gasteiger partial charge in [-0.1, -0.05) is 59.6 Å². The van der Waals surface area contributed by atoms with Gasteiger partial charge in [0.25, 0.3) is 5.91 Å². The van der Waals surface area contributed by atoms with Crippen molar-refractivity contribution in [2.75, 3.05) is 16.8 Å². The number of thiocarbonyl (C=S) groups is 1. The monoisotopic (exact) mass is 511 g/mol. The van der Waals surface area contributed by atoms with E-state index in [9.17, 15) is 9.59 Å². The third kappa shape index (κ3) is 5.76. The molecular formula is C26H23Cl2N3O2S. The van der Waals surface area contributed by atoms with E-state index in [0.717, 1.165) is 12.8 Å². The molecule has 0 aromatic heterocycles. The van der Waals surface area contributed by atoms with Gasteiger partial charge in [0.15, 0.2) is 5.11 Å². The maximum absolute atomic E-state index is 13.5. The average molecular weight is 512 g/mol. The number of carbonyl (C=O) groups is 2. The fourth-order valence-electron chi connectivity index (χ4n) is 3.96. The van der Waals surface area contributed by atoms with Gasteiger partial charge >= 0.3 is 0 Å². The van der Waals surface area contributed by atoms with Crippen molar-refractivity contribution in [2.45, 2.75) is 25.3 Å². The highest BCUT2D eigenvalue weighted by Crippen LogP contribution is 2.29. The van der Waals surface area contributed by atoms with Gasteiger partial charge in [0, 0.05) is 22.3 Å². The lowest BCUT2D eigenvalue weighted by Gasteiger charge is -2.24. The number of amides is 2. The van der Waals surface area contributed by atoms with Crippen molar-refractivity contribution in [3.05, 3.63) is 94.5 Å². The van der Waals surface area contributed by atoms with Crippen LogP contribution in [0.25, 0.3) is 0 Å². The summed E-state index contributed by atoms with van der Waals surface area (Å²) in [6.07, 6.45) is 1.61. The van der Waals surface area contributed by atoms with E-state index in [1.54, 1.807) is 48.5 Å². The van der Waals surface area contributed by atoms with E-state index in [2.05, 4.69) is 17.4 Å². The lowest BCUT2D eigenvalue weighted by molar-refractivity contribution is -0.124. The van der Waals surface area contributed by atoms with Crippen molar-refractivity contribution >= 4 is 63.7 Å². The molecule has 1 saturated heterocycles. The van der Waals surface area contributed by atoms with Crippen molar-refractivity contribution in [2.24, 2.45) is 0 Å². The van der Waals surface area contributed by atoms with E-state index < -0.39 is 6.04 Å². The molecule has 1 aliphatic rings. The molecule has 4 rings (SSSR count). The second-order valence-corrected chi connectivity index (χ2v) is 9.23. The van der Waals surface area contributed by atoms with E-state index in [1.807, 2.05) is 23.1 Å². The summed E-state index contributed by atoms with van der Waals surface area (Å²) in [5, 5.41) is 4.30. The molecule has 1 heterocycles. The Balaban J connectivity index is 1.52. The van der Waals surface area contributed by atoms with Crippen LogP contribution in [-0.2, 0) is 16.0 Å². The number of halogens is 2. The van der Waals surface area contributed by atoms with Crippen LogP contribution in [0.5, 0.6) is 0 Å². The predicted octanol–water partition coefficient (Wildman–Crippen LogP) is 5.96. The van der Waals surface area contributed by atoms with E-state index in [0.29, 0.717) is 33.1 Å². The standard InChI is InChI=1S/C26H23Cl2N3O2S/c27-19-11-13-21(14-12-19)29-24(32)17-23-25(33)31(22-10-4-9-20(28)16-22)26(34)30(23)15-5-8-18-6-2-1-3-7-18/h1-4,6-7,9-14,16,23H,5,8,15,17H2,(H,29,32). The Morgan fingerprint density at radius 3 is 2.38 bits per heavy atom. The minimum absolute atomic E-state index is 0.0238. The molecule has 3 aromatic rings. The van der Waals surface area contributed by atoms with Gasteiger partial charge in [-0.25, -0.2) is 0 Å². The number of benzene rings is 3. The third-order valence-corrected chi connectivity index (χ3v) is 6.50. The molecule has 1 aliphatic heterocycles. The molecule has 1 fully saturated rings. The van der Waals surface area contributed by atoms with Crippen molar-refractivity contribution < 1.29 is 9.59 Å². The number of carbonyl (C=O) groups excluding carboxylic acids is 2. The maximum Gasteiger partial charge on any atom is 0.256 e. The molecule has 0 aliphatic carbocycles. The molecule has 0 radical (unpaired) electrons. The SMILES string of the molecule is O=C(CC1C(=O)N(c2cccc(Cl)c2)C(=S)N1CCCc1ccccc1)Nc1ccc(Cl)cc1. The van der Waals surface area contributed by atoms with Gasteiger partial charge in [0.1, 0.15) is 6.04 Å². The van der Waals surface area contributed by atoms with Crippen molar-refractivity contribution in [3.63, 3.8) is 0 Å². The predicted molar refractivity (Wildman–Crippen MR) is 141 cm³/mol. The van der Waals surface area contributed by atoms with Gasteiger partial charge in [-0.05, 0) is 73.1 Å². The van der Waals surface area contributed by atoms with E-state index >= 15 is 0 Å². The average Bonchev–Trinajstić information content (AvgIpc) is 3.05. The molecule has 174 valence electrons. The highest BCUT2D eigenvalue weighted by atomic mass is 35.5. The van der Waals surface area contributed by atoms with Crippen LogP contribution in [0.1, 0.15) is 18.4 Å². The van der Waals surface area contributed by atoms with Gasteiger partial charge in [-0.15, -0.1) is 0 Å². The van der Waals surface area contributed by atoms with Gasteiger partial charge < -0.3 is 10.2 Å². The lowest BCUT2D eigenvalue weighted by atomic mass is 10.1. The zero-order valence-corrected chi connectivity index (χ0v) is 20.6. The third-order valence-electron chi connectivity index (χ3n) is 5.60. The van der Waals surface area contributed by atoms with Gasteiger partial charge in [-0.2, -0.15) is 0 Å². The Hall–Kier alpha value is -2.93. The molecule has 3 aromatic carbocycles. The topological polar surface area (TPSA) is 52.7 Å². The maximum atomic E-state index is 13.5. The largest absolute Gasteiger partial charge is 0.336 e. The number of aryl methyl sites for hydroxylation is 1. The number of anilines is 2. The first-order valence-electron chi connectivity index (χ1n) is 10.9. The number of nitrogens with one attached hydrogen (secondary N) is 1. The van der Waals surface area contributed by atoms with E-state index in [-0.39, 0.29) is 18.2 Å². The quantitative estimate of drug-likeness (QED) is 0.379. The van der Waals surface area contributed by atoms with Gasteiger partial charge in [0.05, 0.1) is 12.1 Å². The Morgan fingerprint density at radius 2 is 1.68 bits per heavy atom. The Morgan fingerprint density at radius 1 is 0.941 bits per heavy atom. The summed E-state index contributed by atoms with van der Waals surface area (Å²) >= 11 is 17.8. The summed E-state index contributed by atoms with van der Waals surface area (Å²) in [7, 11) is 0. The molecular weight excluding hydrogens is 489 g/mol. The summed E-state index contributed by atoms with van der Waals surface area (Å²) in [6, 6.07) is 23.3. The first kappa shape index (κ1) is 24.2. The van der Waals surface area contributed by atoms with Crippen LogP contribution in [0.2, 0.25) is 10.0 Å². The lowest BCUT2D eigenvalue weighted by Crippen LogP contribution is -2.38. The first-order chi connectivity index (χ1) is 16.4. The first-order valence-corrected chi connectivity index (χ1v) is 12.1.